The Bertz CT molecular complexity index is 619. The largest absolute Gasteiger partial charge is 0.342 e. The molecule has 2 amide bonds. The molecule has 0 bridgehead atoms. The van der Waals surface area contributed by atoms with Crippen molar-refractivity contribution in [2.75, 3.05) is 39.3 Å². The summed E-state index contributed by atoms with van der Waals surface area (Å²) in [5.74, 6) is 0.566. The van der Waals surface area contributed by atoms with Gasteiger partial charge in [-0.25, -0.2) is 0 Å². The third-order valence-corrected chi connectivity index (χ3v) is 5.18. The number of likely N-dealkylation sites (tertiary alicyclic amines) is 1. The summed E-state index contributed by atoms with van der Waals surface area (Å²) in [7, 11) is 0. The first kappa shape index (κ1) is 18.8. The molecule has 1 atom stereocenters. The van der Waals surface area contributed by atoms with E-state index in [9.17, 15) is 9.59 Å². The summed E-state index contributed by atoms with van der Waals surface area (Å²) in [5, 5.41) is 0. The number of amides is 2. The standard InChI is InChI=1S/C20H30N4O2/c1-16(2)13-24-15-18(11-19(24)25)20(26)23-8-4-7-22(9-10-23)14-17-5-3-6-21-12-17/h3,5-6,12,16,18H,4,7-11,13-15H2,1-2H3/t18-/m1/s1. The molecule has 0 unspecified atom stereocenters. The SMILES string of the molecule is CC(C)CN1C[C@H](C(=O)N2CCCN(Cc3cccnc3)CC2)CC1=O. The number of hydrogen-bond donors (Lipinski definition) is 0. The zero-order chi connectivity index (χ0) is 18.5. The lowest BCUT2D eigenvalue weighted by Gasteiger charge is -2.25. The predicted molar refractivity (Wildman–Crippen MR) is 100 cm³/mol. The van der Waals surface area contributed by atoms with Crippen LogP contribution in [0, 0.1) is 11.8 Å². The van der Waals surface area contributed by atoms with Crippen LogP contribution in [0.3, 0.4) is 0 Å². The Hall–Kier alpha value is -1.95. The summed E-state index contributed by atoms with van der Waals surface area (Å²) in [4.78, 5) is 35.5. The van der Waals surface area contributed by atoms with Crippen LogP contribution in [0.4, 0.5) is 0 Å². The van der Waals surface area contributed by atoms with Crippen molar-refractivity contribution in [1.82, 2.24) is 19.7 Å². The second-order valence-electron chi connectivity index (χ2n) is 7.91. The normalized spacial score (nSPS) is 22.1. The predicted octanol–water partition coefficient (Wildman–Crippen LogP) is 1.62. The van der Waals surface area contributed by atoms with Gasteiger partial charge in [-0.2, -0.15) is 0 Å². The molecule has 0 aliphatic carbocycles. The fourth-order valence-electron chi connectivity index (χ4n) is 3.91. The van der Waals surface area contributed by atoms with Crippen LogP contribution in [0.2, 0.25) is 0 Å². The molecule has 2 aliphatic rings. The number of nitrogens with zero attached hydrogens (tertiary/aromatic N) is 4. The first-order valence-electron chi connectivity index (χ1n) is 9.70. The summed E-state index contributed by atoms with van der Waals surface area (Å²) < 4.78 is 0. The van der Waals surface area contributed by atoms with Crippen molar-refractivity contribution in [1.29, 1.82) is 0 Å². The lowest BCUT2D eigenvalue weighted by atomic mass is 10.1. The molecular weight excluding hydrogens is 328 g/mol. The van der Waals surface area contributed by atoms with Gasteiger partial charge in [-0.3, -0.25) is 19.5 Å². The number of aromatic nitrogens is 1. The molecule has 2 saturated heterocycles. The average Bonchev–Trinajstić information content (AvgIpc) is 2.82. The van der Waals surface area contributed by atoms with Gasteiger partial charge in [-0.05, 0) is 24.0 Å². The minimum atomic E-state index is -0.161. The van der Waals surface area contributed by atoms with Gasteiger partial charge in [0.15, 0.2) is 0 Å². The van der Waals surface area contributed by atoms with Crippen molar-refractivity contribution in [3.63, 3.8) is 0 Å². The van der Waals surface area contributed by atoms with Crippen molar-refractivity contribution < 1.29 is 9.59 Å². The van der Waals surface area contributed by atoms with Gasteiger partial charge in [0.1, 0.15) is 0 Å². The summed E-state index contributed by atoms with van der Waals surface area (Å²) in [5.41, 5.74) is 1.21. The average molecular weight is 358 g/mol. The van der Waals surface area contributed by atoms with Crippen molar-refractivity contribution in [2.24, 2.45) is 11.8 Å². The van der Waals surface area contributed by atoms with Crippen LogP contribution in [0.1, 0.15) is 32.3 Å². The zero-order valence-electron chi connectivity index (χ0n) is 15.9. The minimum absolute atomic E-state index is 0.130. The van der Waals surface area contributed by atoms with E-state index in [0.29, 0.717) is 18.9 Å². The van der Waals surface area contributed by atoms with E-state index in [0.717, 1.165) is 45.7 Å². The lowest BCUT2D eigenvalue weighted by Crippen LogP contribution is -2.40. The fraction of sp³-hybridized carbons (Fsp3) is 0.650. The molecule has 1 aromatic heterocycles. The van der Waals surface area contributed by atoms with E-state index in [1.807, 2.05) is 22.1 Å². The molecule has 0 saturated carbocycles. The van der Waals surface area contributed by atoms with Crippen LogP contribution in [0.15, 0.2) is 24.5 Å². The van der Waals surface area contributed by atoms with Gasteiger partial charge >= 0.3 is 0 Å². The highest BCUT2D eigenvalue weighted by atomic mass is 16.2. The first-order valence-corrected chi connectivity index (χ1v) is 9.70. The Kier molecular flexibility index (Phi) is 6.25. The molecule has 2 aliphatic heterocycles. The number of carbonyl (C=O) groups is 2. The van der Waals surface area contributed by atoms with Gasteiger partial charge in [-0.15, -0.1) is 0 Å². The van der Waals surface area contributed by atoms with E-state index < -0.39 is 0 Å². The lowest BCUT2D eigenvalue weighted by molar-refractivity contribution is -0.135. The van der Waals surface area contributed by atoms with Crippen molar-refractivity contribution in [2.45, 2.75) is 33.2 Å². The topological polar surface area (TPSA) is 56.8 Å². The molecule has 6 nitrogen and oxygen atoms in total. The molecule has 1 aromatic rings. The van der Waals surface area contributed by atoms with E-state index in [4.69, 9.17) is 0 Å². The van der Waals surface area contributed by atoms with E-state index >= 15 is 0 Å². The smallest absolute Gasteiger partial charge is 0.228 e. The van der Waals surface area contributed by atoms with E-state index in [1.165, 1.54) is 5.56 Å². The highest BCUT2D eigenvalue weighted by molar-refractivity contribution is 5.89. The minimum Gasteiger partial charge on any atom is -0.342 e. The van der Waals surface area contributed by atoms with Crippen LogP contribution in [-0.4, -0.2) is 70.8 Å². The molecule has 3 heterocycles. The summed E-state index contributed by atoms with van der Waals surface area (Å²) in [6.07, 6.45) is 5.04. The maximum absolute atomic E-state index is 12.9. The summed E-state index contributed by atoms with van der Waals surface area (Å²) in [6, 6.07) is 4.05. The second kappa shape index (κ2) is 8.62. The maximum atomic E-state index is 12.9. The number of rotatable bonds is 5. The molecule has 2 fully saturated rings. The zero-order valence-corrected chi connectivity index (χ0v) is 15.9. The first-order chi connectivity index (χ1) is 12.5. The van der Waals surface area contributed by atoms with Gasteiger partial charge in [-0.1, -0.05) is 19.9 Å². The Morgan fingerprint density at radius 1 is 1.27 bits per heavy atom. The molecule has 0 aromatic carbocycles. The van der Waals surface area contributed by atoms with Gasteiger partial charge < -0.3 is 9.80 Å². The Labute approximate surface area is 156 Å². The molecule has 3 rings (SSSR count). The van der Waals surface area contributed by atoms with Crippen molar-refractivity contribution >= 4 is 11.8 Å². The monoisotopic (exact) mass is 358 g/mol. The quantitative estimate of drug-likeness (QED) is 0.803. The number of carbonyl (C=O) groups excluding carboxylic acids is 2. The Balaban J connectivity index is 1.52. The van der Waals surface area contributed by atoms with Crippen molar-refractivity contribution in [3.8, 4) is 0 Å². The van der Waals surface area contributed by atoms with Crippen LogP contribution in [0.25, 0.3) is 0 Å². The van der Waals surface area contributed by atoms with Gasteiger partial charge in [0.25, 0.3) is 0 Å². The van der Waals surface area contributed by atoms with Gasteiger partial charge in [0.05, 0.1) is 5.92 Å². The second-order valence-corrected chi connectivity index (χ2v) is 7.91. The summed E-state index contributed by atoms with van der Waals surface area (Å²) in [6.45, 7) is 9.82. The van der Waals surface area contributed by atoms with Gasteiger partial charge in [0, 0.05) is 64.6 Å². The fourth-order valence-corrected chi connectivity index (χ4v) is 3.91. The van der Waals surface area contributed by atoms with E-state index in [2.05, 4.69) is 29.8 Å². The maximum Gasteiger partial charge on any atom is 0.228 e. The molecule has 0 radical (unpaired) electrons. The molecule has 6 heteroatoms. The van der Waals surface area contributed by atoms with E-state index in [-0.39, 0.29) is 17.7 Å². The van der Waals surface area contributed by atoms with Crippen LogP contribution in [-0.2, 0) is 16.1 Å². The molecule has 0 N–H and O–H groups in total. The van der Waals surface area contributed by atoms with Crippen LogP contribution in [0.5, 0.6) is 0 Å². The highest BCUT2D eigenvalue weighted by Gasteiger charge is 2.36. The number of hydrogen-bond acceptors (Lipinski definition) is 4. The molecule has 0 spiro atoms. The Morgan fingerprint density at radius 2 is 2.12 bits per heavy atom. The molecular formula is C20H30N4O2. The molecule has 26 heavy (non-hydrogen) atoms. The highest BCUT2D eigenvalue weighted by Crippen LogP contribution is 2.22. The van der Waals surface area contributed by atoms with Gasteiger partial charge in [0.2, 0.25) is 11.8 Å². The van der Waals surface area contributed by atoms with Crippen LogP contribution < -0.4 is 0 Å². The van der Waals surface area contributed by atoms with Crippen LogP contribution >= 0.6 is 0 Å². The molecule has 142 valence electrons. The summed E-state index contributed by atoms with van der Waals surface area (Å²) >= 11 is 0. The number of pyridine rings is 1. The third kappa shape index (κ3) is 4.81. The Morgan fingerprint density at radius 3 is 2.85 bits per heavy atom. The third-order valence-electron chi connectivity index (χ3n) is 5.18. The van der Waals surface area contributed by atoms with E-state index in [1.54, 1.807) is 6.20 Å². The van der Waals surface area contributed by atoms with Crippen molar-refractivity contribution in [3.05, 3.63) is 30.1 Å².